The Morgan fingerprint density at radius 1 is 1.26 bits per heavy atom. The van der Waals surface area contributed by atoms with E-state index in [4.69, 9.17) is 11.6 Å². The van der Waals surface area contributed by atoms with Gasteiger partial charge in [-0.05, 0) is 59.6 Å². The number of halogens is 1. The Kier molecular flexibility index (Phi) is 4.32. The Bertz CT molecular complexity index is 423. The summed E-state index contributed by atoms with van der Waals surface area (Å²) in [5, 5.41) is 7.49. The van der Waals surface area contributed by atoms with Crippen LogP contribution in [0.15, 0.2) is 12.1 Å². The van der Waals surface area contributed by atoms with Crippen molar-refractivity contribution >= 4 is 22.9 Å². The van der Waals surface area contributed by atoms with E-state index < -0.39 is 0 Å². The van der Waals surface area contributed by atoms with Gasteiger partial charge in [0.25, 0.3) is 0 Å². The van der Waals surface area contributed by atoms with Gasteiger partial charge in [-0.1, -0.05) is 11.6 Å². The fraction of sp³-hybridized carbons (Fsp3) is 0.733. The minimum atomic E-state index is 0.187. The highest BCUT2D eigenvalue weighted by Crippen LogP contribution is 2.32. The van der Waals surface area contributed by atoms with E-state index in [1.807, 2.05) is 6.07 Å². The molecule has 1 aliphatic rings. The van der Waals surface area contributed by atoms with Crippen LogP contribution in [0, 0.1) is 0 Å². The van der Waals surface area contributed by atoms with Gasteiger partial charge >= 0.3 is 0 Å². The lowest BCUT2D eigenvalue weighted by Crippen LogP contribution is -2.61. The minimum Gasteiger partial charge on any atom is -0.307 e. The number of nitrogens with one attached hydrogen (secondary N) is 2. The smallest absolute Gasteiger partial charge is 0.0931 e. The SMILES string of the molecule is CC(NC1CC(C)(C)NC(C)(C)C1)c1ccc(Cl)s1. The monoisotopic (exact) mass is 300 g/mol. The number of piperidine rings is 1. The molecule has 0 radical (unpaired) electrons. The lowest BCUT2D eigenvalue weighted by Gasteiger charge is -2.47. The number of thiophene rings is 1. The Morgan fingerprint density at radius 2 is 1.84 bits per heavy atom. The molecule has 1 aromatic heterocycles. The molecule has 0 bridgehead atoms. The Hall–Kier alpha value is -0.0900. The first-order valence-electron chi connectivity index (χ1n) is 6.97. The summed E-state index contributed by atoms with van der Waals surface area (Å²) in [6, 6.07) is 5.02. The van der Waals surface area contributed by atoms with Crippen molar-refractivity contribution in [3.05, 3.63) is 21.3 Å². The maximum atomic E-state index is 6.02. The molecule has 2 heterocycles. The zero-order valence-electron chi connectivity index (χ0n) is 12.5. The fourth-order valence-electron chi connectivity index (χ4n) is 3.44. The summed E-state index contributed by atoms with van der Waals surface area (Å²) in [5.74, 6) is 0. The molecular weight excluding hydrogens is 276 g/mol. The highest BCUT2D eigenvalue weighted by molar-refractivity contribution is 7.16. The van der Waals surface area contributed by atoms with Crippen LogP contribution in [0.4, 0.5) is 0 Å². The van der Waals surface area contributed by atoms with Crippen molar-refractivity contribution in [2.45, 2.75) is 70.6 Å². The first-order valence-corrected chi connectivity index (χ1v) is 8.17. The van der Waals surface area contributed by atoms with E-state index in [2.05, 4.69) is 51.3 Å². The van der Waals surface area contributed by atoms with Gasteiger partial charge in [-0.15, -0.1) is 11.3 Å². The van der Waals surface area contributed by atoms with Crippen LogP contribution in [0.1, 0.15) is 58.4 Å². The minimum absolute atomic E-state index is 0.187. The molecule has 2 N–H and O–H groups in total. The van der Waals surface area contributed by atoms with Gasteiger partial charge in [0.1, 0.15) is 0 Å². The summed E-state index contributed by atoms with van der Waals surface area (Å²) in [7, 11) is 0. The van der Waals surface area contributed by atoms with Crippen molar-refractivity contribution < 1.29 is 0 Å². The van der Waals surface area contributed by atoms with Gasteiger partial charge in [0.15, 0.2) is 0 Å². The predicted molar refractivity (Wildman–Crippen MR) is 85.2 cm³/mol. The van der Waals surface area contributed by atoms with Gasteiger partial charge in [-0.25, -0.2) is 0 Å². The van der Waals surface area contributed by atoms with Gasteiger partial charge in [-0.3, -0.25) is 0 Å². The van der Waals surface area contributed by atoms with Crippen LogP contribution in [0.5, 0.6) is 0 Å². The molecule has 0 amide bonds. The second kappa shape index (κ2) is 5.36. The lowest BCUT2D eigenvalue weighted by atomic mass is 9.79. The van der Waals surface area contributed by atoms with Crippen molar-refractivity contribution in [1.29, 1.82) is 0 Å². The van der Waals surface area contributed by atoms with Gasteiger partial charge in [-0.2, -0.15) is 0 Å². The number of rotatable bonds is 3. The Labute approximate surface area is 125 Å². The van der Waals surface area contributed by atoms with Crippen LogP contribution in [0.3, 0.4) is 0 Å². The van der Waals surface area contributed by atoms with Crippen molar-refractivity contribution in [2.75, 3.05) is 0 Å². The third-order valence-electron chi connectivity index (χ3n) is 3.70. The molecule has 0 aliphatic carbocycles. The molecule has 19 heavy (non-hydrogen) atoms. The molecule has 1 aliphatic heterocycles. The van der Waals surface area contributed by atoms with Crippen LogP contribution in [-0.2, 0) is 0 Å². The van der Waals surface area contributed by atoms with Gasteiger partial charge in [0.2, 0.25) is 0 Å². The first-order chi connectivity index (χ1) is 8.67. The quantitative estimate of drug-likeness (QED) is 0.866. The van der Waals surface area contributed by atoms with Gasteiger partial charge in [0, 0.05) is 28.0 Å². The molecule has 0 saturated carbocycles. The highest BCUT2D eigenvalue weighted by atomic mass is 35.5. The molecule has 2 nitrogen and oxygen atoms in total. The zero-order chi connectivity index (χ0) is 14.3. The van der Waals surface area contributed by atoms with Crippen molar-refractivity contribution in [3.8, 4) is 0 Å². The summed E-state index contributed by atoms with van der Waals surface area (Å²) in [4.78, 5) is 1.32. The first kappa shape index (κ1) is 15.3. The van der Waals surface area contributed by atoms with E-state index in [9.17, 15) is 0 Å². The fourth-order valence-corrected chi connectivity index (χ4v) is 4.51. The summed E-state index contributed by atoms with van der Waals surface area (Å²) >= 11 is 7.69. The molecule has 1 atom stereocenters. The van der Waals surface area contributed by atoms with E-state index in [-0.39, 0.29) is 11.1 Å². The molecule has 2 rings (SSSR count). The molecule has 1 saturated heterocycles. The molecule has 1 unspecified atom stereocenters. The Balaban J connectivity index is 2.02. The van der Waals surface area contributed by atoms with Crippen LogP contribution in [0.25, 0.3) is 0 Å². The predicted octanol–water partition coefficient (Wildman–Crippen LogP) is 4.36. The second-order valence-electron chi connectivity index (χ2n) is 7.03. The molecule has 0 aromatic carbocycles. The maximum absolute atomic E-state index is 6.02. The van der Waals surface area contributed by atoms with Crippen LogP contribution < -0.4 is 10.6 Å². The molecule has 4 heteroatoms. The average molecular weight is 301 g/mol. The molecule has 1 fully saturated rings. The van der Waals surface area contributed by atoms with Crippen LogP contribution in [-0.4, -0.2) is 17.1 Å². The maximum Gasteiger partial charge on any atom is 0.0931 e. The van der Waals surface area contributed by atoms with Gasteiger partial charge in [0.05, 0.1) is 4.34 Å². The Morgan fingerprint density at radius 3 is 2.32 bits per heavy atom. The summed E-state index contributed by atoms with van der Waals surface area (Å²) in [5.41, 5.74) is 0.373. The summed E-state index contributed by atoms with van der Waals surface area (Å²) < 4.78 is 0.870. The van der Waals surface area contributed by atoms with Crippen molar-refractivity contribution in [2.24, 2.45) is 0 Å². The largest absolute Gasteiger partial charge is 0.307 e. The number of hydrogen-bond donors (Lipinski definition) is 2. The van der Waals surface area contributed by atoms with E-state index in [0.717, 1.165) is 17.2 Å². The van der Waals surface area contributed by atoms with Crippen molar-refractivity contribution in [3.63, 3.8) is 0 Å². The molecular formula is C15H25ClN2S. The molecule has 108 valence electrons. The standard InChI is InChI=1S/C15H25ClN2S/c1-10(12-6-7-13(16)19-12)17-11-8-14(2,3)18-15(4,5)9-11/h6-7,10-11,17-18H,8-9H2,1-5H3. The van der Waals surface area contributed by atoms with Crippen LogP contribution in [0.2, 0.25) is 4.34 Å². The summed E-state index contributed by atoms with van der Waals surface area (Å²) in [6.07, 6.45) is 2.31. The average Bonchev–Trinajstić information content (AvgIpc) is 2.59. The lowest BCUT2D eigenvalue weighted by molar-refractivity contribution is 0.141. The third-order valence-corrected chi connectivity index (χ3v) is 5.11. The second-order valence-corrected chi connectivity index (χ2v) is 8.77. The zero-order valence-corrected chi connectivity index (χ0v) is 14.1. The van der Waals surface area contributed by atoms with Crippen LogP contribution >= 0.6 is 22.9 Å². The van der Waals surface area contributed by atoms with E-state index in [0.29, 0.717) is 12.1 Å². The number of hydrogen-bond acceptors (Lipinski definition) is 3. The topological polar surface area (TPSA) is 24.1 Å². The van der Waals surface area contributed by atoms with E-state index in [1.165, 1.54) is 4.88 Å². The van der Waals surface area contributed by atoms with Gasteiger partial charge < -0.3 is 10.6 Å². The van der Waals surface area contributed by atoms with E-state index in [1.54, 1.807) is 11.3 Å². The van der Waals surface area contributed by atoms with E-state index >= 15 is 0 Å². The molecule has 1 aromatic rings. The normalized spacial score (nSPS) is 24.3. The van der Waals surface area contributed by atoms with Crippen molar-refractivity contribution in [1.82, 2.24) is 10.6 Å². The molecule has 0 spiro atoms. The third kappa shape index (κ3) is 4.19. The summed E-state index contributed by atoms with van der Waals surface area (Å²) in [6.45, 7) is 11.4. The highest BCUT2D eigenvalue weighted by Gasteiger charge is 2.37.